The number of benzene rings is 1. The molecular weight excluding hydrogens is 332 g/mol. The van der Waals surface area contributed by atoms with Crippen LogP contribution in [0, 0.1) is 5.92 Å². The number of rotatable bonds is 5. The molecule has 0 spiro atoms. The van der Waals surface area contributed by atoms with Crippen LogP contribution in [0.15, 0.2) is 12.1 Å². The lowest BCUT2D eigenvalue weighted by Gasteiger charge is -2.29. The quantitative estimate of drug-likeness (QED) is 0.626. The van der Waals surface area contributed by atoms with Gasteiger partial charge in [0.05, 0.1) is 17.8 Å². The minimum Gasteiger partial charge on any atom is -0.496 e. The van der Waals surface area contributed by atoms with E-state index in [9.17, 15) is 9.59 Å². The summed E-state index contributed by atoms with van der Waals surface area (Å²) in [6.07, 6.45) is 4.37. The van der Waals surface area contributed by atoms with E-state index < -0.39 is 5.97 Å². The Morgan fingerprint density at radius 3 is 2.71 bits per heavy atom. The van der Waals surface area contributed by atoms with Gasteiger partial charge in [-0.1, -0.05) is 31.4 Å². The smallest absolute Gasteiger partial charge is 0.342 e. The van der Waals surface area contributed by atoms with E-state index in [-0.39, 0.29) is 34.9 Å². The fourth-order valence-electron chi connectivity index (χ4n) is 2.89. The Bertz CT molecular complexity index is 621. The van der Waals surface area contributed by atoms with Gasteiger partial charge < -0.3 is 20.5 Å². The number of carbonyl (C=O) groups excluding carboxylic acids is 2. The lowest BCUT2D eigenvalue weighted by molar-refractivity contribution is -0.125. The third kappa shape index (κ3) is 4.54. The first kappa shape index (κ1) is 18.4. The summed E-state index contributed by atoms with van der Waals surface area (Å²) < 4.78 is 10.2. The molecule has 2 rings (SSSR count). The minimum atomic E-state index is -0.680. The van der Waals surface area contributed by atoms with Crippen molar-refractivity contribution in [2.45, 2.75) is 38.6 Å². The Kier molecular flexibility index (Phi) is 6.31. The highest BCUT2D eigenvalue weighted by molar-refractivity contribution is 6.33. The molecule has 132 valence electrons. The maximum absolute atomic E-state index is 12.2. The minimum absolute atomic E-state index is 0.135. The van der Waals surface area contributed by atoms with Crippen molar-refractivity contribution >= 4 is 29.2 Å². The van der Waals surface area contributed by atoms with E-state index in [1.165, 1.54) is 25.7 Å². The number of methoxy groups -OCH3 is 1. The van der Waals surface area contributed by atoms with Crippen molar-refractivity contribution in [3.05, 3.63) is 22.7 Å². The Balaban J connectivity index is 1.93. The maximum atomic E-state index is 12.2. The lowest BCUT2D eigenvalue weighted by atomic mass is 9.86. The monoisotopic (exact) mass is 354 g/mol. The molecular formula is C17H23ClN2O4. The van der Waals surface area contributed by atoms with E-state index >= 15 is 0 Å². The summed E-state index contributed by atoms with van der Waals surface area (Å²) in [7, 11) is 1.41. The number of nitrogen functional groups attached to an aromatic ring is 1. The molecule has 1 fully saturated rings. The molecule has 7 heteroatoms. The zero-order valence-corrected chi connectivity index (χ0v) is 14.7. The maximum Gasteiger partial charge on any atom is 0.342 e. The number of hydrogen-bond donors (Lipinski definition) is 2. The van der Waals surface area contributed by atoms with Gasteiger partial charge in [-0.2, -0.15) is 0 Å². The van der Waals surface area contributed by atoms with Crippen LogP contribution in [-0.4, -0.2) is 31.6 Å². The largest absolute Gasteiger partial charge is 0.496 e. The molecule has 1 aromatic carbocycles. The Labute approximate surface area is 146 Å². The molecule has 0 bridgehead atoms. The third-order valence-corrected chi connectivity index (χ3v) is 4.66. The Morgan fingerprint density at radius 1 is 1.33 bits per heavy atom. The predicted molar refractivity (Wildman–Crippen MR) is 92.3 cm³/mol. The molecule has 0 saturated heterocycles. The van der Waals surface area contributed by atoms with Crippen LogP contribution in [0.25, 0.3) is 0 Å². The van der Waals surface area contributed by atoms with E-state index in [1.807, 2.05) is 0 Å². The topological polar surface area (TPSA) is 90.7 Å². The van der Waals surface area contributed by atoms with E-state index in [2.05, 4.69) is 12.2 Å². The Hall–Kier alpha value is -1.95. The van der Waals surface area contributed by atoms with Crippen LogP contribution in [0.5, 0.6) is 5.75 Å². The van der Waals surface area contributed by atoms with Crippen LogP contribution in [0.3, 0.4) is 0 Å². The molecule has 0 heterocycles. The molecule has 3 N–H and O–H groups in total. The molecule has 0 unspecified atom stereocenters. The van der Waals surface area contributed by atoms with Gasteiger partial charge in [0.1, 0.15) is 11.3 Å². The standard InChI is InChI=1S/C17H23ClN2O4/c1-10-5-3-4-6-14(10)20-16(21)9-24-17(22)11-7-12(18)13(19)8-15(11)23-2/h7-8,10,14H,3-6,9,19H2,1-2H3,(H,20,21)/t10-,14-/m0/s1. The van der Waals surface area contributed by atoms with Crippen LogP contribution in [0.4, 0.5) is 5.69 Å². The number of halogens is 1. The van der Waals surface area contributed by atoms with E-state index in [0.717, 1.165) is 19.3 Å². The zero-order chi connectivity index (χ0) is 17.7. The van der Waals surface area contributed by atoms with Crippen molar-refractivity contribution in [2.75, 3.05) is 19.5 Å². The molecule has 2 atom stereocenters. The summed E-state index contributed by atoms with van der Waals surface area (Å²) in [6.45, 7) is 1.78. The van der Waals surface area contributed by atoms with Gasteiger partial charge in [-0.3, -0.25) is 4.79 Å². The molecule has 6 nitrogen and oxygen atoms in total. The predicted octanol–water partition coefficient (Wildman–Crippen LogP) is 2.78. The van der Waals surface area contributed by atoms with Crippen LogP contribution in [0.1, 0.15) is 43.0 Å². The summed E-state index contributed by atoms with van der Waals surface area (Å²) in [5.41, 5.74) is 6.11. The van der Waals surface area contributed by atoms with E-state index in [0.29, 0.717) is 11.6 Å². The fourth-order valence-corrected chi connectivity index (χ4v) is 3.05. The summed E-state index contributed by atoms with van der Waals surface area (Å²) in [4.78, 5) is 24.2. The zero-order valence-electron chi connectivity index (χ0n) is 13.9. The first-order valence-corrected chi connectivity index (χ1v) is 8.39. The third-order valence-electron chi connectivity index (χ3n) is 4.33. The van der Waals surface area contributed by atoms with Crippen LogP contribution < -0.4 is 15.8 Å². The molecule has 1 aliphatic rings. The van der Waals surface area contributed by atoms with Crippen molar-refractivity contribution < 1.29 is 19.1 Å². The van der Waals surface area contributed by atoms with Crippen molar-refractivity contribution in [1.82, 2.24) is 5.32 Å². The second-order valence-corrected chi connectivity index (χ2v) is 6.49. The summed E-state index contributed by atoms with van der Waals surface area (Å²) in [5.74, 6) is -0.291. The molecule has 0 aliphatic heterocycles. The van der Waals surface area contributed by atoms with E-state index in [1.54, 1.807) is 0 Å². The molecule has 1 aromatic rings. The number of carbonyl (C=O) groups is 2. The highest BCUT2D eigenvalue weighted by Crippen LogP contribution is 2.29. The number of nitrogens with one attached hydrogen (secondary N) is 1. The van der Waals surface area contributed by atoms with Gasteiger partial charge >= 0.3 is 5.97 Å². The van der Waals surface area contributed by atoms with Gasteiger partial charge in [-0.25, -0.2) is 4.79 Å². The van der Waals surface area contributed by atoms with Crippen molar-refractivity contribution in [3.63, 3.8) is 0 Å². The second-order valence-electron chi connectivity index (χ2n) is 6.09. The number of amides is 1. The Morgan fingerprint density at radius 2 is 2.04 bits per heavy atom. The highest BCUT2D eigenvalue weighted by Gasteiger charge is 2.23. The highest BCUT2D eigenvalue weighted by atomic mass is 35.5. The summed E-state index contributed by atoms with van der Waals surface area (Å²) in [6, 6.07) is 2.97. The summed E-state index contributed by atoms with van der Waals surface area (Å²) >= 11 is 5.93. The number of ether oxygens (including phenoxy) is 2. The first-order chi connectivity index (χ1) is 11.4. The first-order valence-electron chi connectivity index (χ1n) is 8.02. The molecule has 0 aromatic heterocycles. The molecule has 0 radical (unpaired) electrons. The van der Waals surface area contributed by atoms with Gasteiger partial charge in [0.25, 0.3) is 5.91 Å². The van der Waals surface area contributed by atoms with Crippen LogP contribution in [-0.2, 0) is 9.53 Å². The normalized spacial score (nSPS) is 20.3. The van der Waals surface area contributed by atoms with Gasteiger partial charge in [0.15, 0.2) is 6.61 Å². The van der Waals surface area contributed by atoms with Crippen molar-refractivity contribution in [3.8, 4) is 5.75 Å². The molecule has 1 saturated carbocycles. The van der Waals surface area contributed by atoms with Gasteiger partial charge in [-0.15, -0.1) is 0 Å². The average molecular weight is 355 g/mol. The summed E-state index contributed by atoms with van der Waals surface area (Å²) in [5, 5.41) is 3.16. The van der Waals surface area contributed by atoms with Crippen molar-refractivity contribution in [1.29, 1.82) is 0 Å². The molecule has 24 heavy (non-hydrogen) atoms. The van der Waals surface area contributed by atoms with Gasteiger partial charge in [-0.05, 0) is 24.8 Å². The van der Waals surface area contributed by atoms with Crippen LogP contribution >= 0.6 is 11.6 Å². The number of esters is 1. The second kappa shape index (κ2) is 8.24. The average Bonchev–Trinajstić information content (AvgIpc) is 2.56. The lowest BCUT2D eigenvalue weighted by Crippen LogP contribution is -2.42. The fraction of sp³-hybridized carbons (Fsp3) is 0.529. The molecule has 1 aliphatic carbocycles. The van der Waals surface area contributed by atoms with Crippen LogP contribution in [0.2, 0.25) is 5.02 Å². The van der Waals surface area contributed by atoms with E-state index in [4.69, 9.17) is 26.8 Å². The number of hydrogen-bond acceptors (Lipinski definition) is 5. The number of nitrogens with two attached hydrogens (primary N) is 1. The van der Waals surface area contributed by atoms with Gasteiger partial charge in [0.2, 0.25) is 0 Å². The number of anilines is 1. The van der Waals surface area contributed by atoms with Gasteiger partial charge in [0, 0.05) is 12.1 Å². The van der Waals surface area contributed by atoms with Crippen molar-refractivity contribution in [2.24, 2.45) is 5.92 Å². The SMILES string of the molecule is COc1cc(N)c(Cl)cc1C(=O)OCC(=O)N[C@H]1CCCC[C@@H]1C. The molecule has 1 amide bonds.